The number of morpholine rings is 1. The van der Waals surface area contributed by atoms with Gasteiger partial charge in [0, 0.05) is 38.2 Å². The molecule has 1 amide bonds. The molecule has 2 aromatic rings. The highest BCUT2D eigenvalue weighted by molar-refractivity contribution is 6.46. The molecule has 1 N–H and O–H groups in total. The Balaban J connectivity index is 1.53. The average Bonchev–Trinajstić information content (AvgIpc) is 3.38. The van der Waals surface area contributed by atoms with Crippen LogP contribution in [-0.4, -0.2) is 72.1 Å². The lowest BCUT2D eigenvalue weighted by Crippen LogP contribution is -2.42. The minimum absolute atomic E-state index is 0.0719. The number of fused-ring (bicyclic) bond motifs is 1. The molecule has 3 aliphatic rings. The number of aliphatic hydroxyl groups excluding tert-OH is 1. The molecule has 0 radical (unpaired) electrons. The lowest BCUT2D eigenvalue weighted by molar-refractivity contribution is -0.140. The number of likely N-dealkylation sites (tertiary alicyclic amines) is 1. The molecule has 0 bridgehead atoms. The summed E-state index contributed by atoms with van der Waals surface area (Å²) in [6, 6.07) is 12.8. The lowest BCUT2D eigenvalue weighted by Gasteiger charge is -2.31. The zero-order chi connectivity index (χ0) is 25.4. The maximum atomic E-state index is 13.4. The van der Waals surface area contributed by atoms with E-state index in [0.29, 0.717) is 37.8 Å². The van der Waals surface area contributed by atoms with E-state index in [2.05, 4.69) is 18.7 Å². The van der Waals surface area contributed by atoms with Gasteiger partial charge in [0.15, 0.2) is 0 Å². The number of nitrogens with zero attached hydrogens (tertiary/aromatic N) is 2. The van der Waals surface area contributed by atoms with Gasteiger partial charge in [-0.2, -0.15) is 0 Å². The summed E-state index contributed by atoms with van der Waals surface area (Å²) in [5, 5.41) is 11.4. The average molecular weight is 491 g/mol. The molecule has 5 rings (SSSR count). The minimum atomic E-state index is -0.643. The van der Waals surface area contributed by atoms with E-state index < -0.39 is 17.7 Å². The second-order valence-electron chi connectivity index (χ2n) is 10.2. The van der Waals surface area contributed by atoms with Crippen LogP contribution in [0, 0.1) is 0 Å². The van der Waals surface area contributed by atoms with Gasteiger partial charge >= 0.3 is 0 Å². The quantitative estimate of drug-likeness (QED) is 0.376. The van der Waals surface area contributed by atoms with E-state index >= 15 is 0 Å². The fourth-order valence-corrected chi connectivity index (χ4v) is 5.32. The second kappa shape index (κ2) is 10.1. The molecule has 0 saturated carbocycles. The zero-order valence-corrected chi connectivity index (χ0v) is 21.2. The zero-order valence-electron chi connectivity index (χ0n) is 21.2. The molecule has 2 saturated heterocycles. The van der Waals surface area contributed by atoms with Crippen molar-refractivity contribution in [3.8, 4) is 5.75 Å². The Hall–Kier alpha value is -3.16. The summed E-state index contributed by atoms with van der Waals surface area (Å²) in [6.45, 7) is 10.2. The van der Waals surface area contributed by atoms with Crippen LogP contribution >= 0.6 is 0 Å². The first-order valence-corrected chi connectivity index (χ1v) is 12.8. The van der Waals surface area contributed by atoms with E-state index in [1.54, 1.807) is 11.0 Å². The highest BCUT2D eigenvalue weighted by Gasteiger charge is 2.46. The van der Waals surface area contributed by atoms with E-state index in [4.69, 9.17) is 9.47 Å². The lowest BCUT2D eigenvalue weighted by atomic mass is 9.92. The van der Waals surface area contributed by atoms with E-state index in [-0.39, 0.29) is 17.4 Å². The summed E-state index contributed by atoms with van der Waals surface area (Å²) >= 11 is 0. The second-order valence-corrected chi connectivity index (χ2v) is 10.2. The van der Waals surface area contributed by atoms with Crippen molar-refractivity contribution in [3.05, 3.63) is 70.3 Å². The van der Waals surface area contributed by atoms with Gasteiger partial charge in [-0.1, -0.05) is 38.1 Å². The summed E-state index contributed by atoms with van der Waals surface area (Å²) in [5.41, 5.74) is 3.66. The van der Waals surface area contributed by atoms with Gasteiger partial charge < -0.3 is 19.5 Å². The van der Waals surface area contributed by atoms with Gasteiger partial charge in [0.1, 0.15) is 17.6 Å². The van der Waals surface area contributed by atoms with Gasteiger partial charge in [-0.15, -0.1) is 0 Å². The summed E-state index contributed by atoms with van der Waals surface area (Å²) in [7, 11) is 0. The van der Waals surface area contributed by atoms with Crippen LogP contribution in [-0.2, 0) is 20.7 Å². The third kappa shape index (κ3) is 4.65. The summed E-state index contributed by atoms with van der Waals surface area (Å²) in [4.78, 5) is 30.5. The Morgan fingerprint density at radius 3 is 2.47 bits per heavy atom. The maximum absolute atomic E-state index is 13.4. The molecule has 36 heavy (non-hydrogen) atoms. The summed E-state index contributed by atoms with van der Waals surface area (Å²) in [6.07, 6.45) is 0.812. The first-order chi connectivity index (χ1) is 17.3. The predicted molar refractivity (Wildman–Crippen MR) is 137 cm³/mol. The van der Waals surface area contributed by atoms with Crippen molar-refractivity contribution in [2.24, 2.45) is 0 Å². The summed E-state index contributed by atoms with van der Waals surface area (Å²) < 4.78 is 11.2. The van der Waals surface area contributed by atoms with Crippen molar-refractivity contribution in [1.29, 1.82) is 0 Å². The van der Waals surface area contributed by atoms with Crippen LogP contribution in [0.25, 0.3) is 5.76 Å². The molecule has 7 heteroatoms. The van der Waals surface area contributed by atoms with Crippen LogP contribution in [0.2, 0.25) is 0 Å². The first kappa shape index (κ1) is 24.5. The Labute approximate surface area is 212 Å². The fraction of sp³-hybridized carbons (Fsp3) is 0.448. The monoisotopic (exact) mass is 490 g/mol. The van der Waals surface area contributed by atoms with Crippen molar-refractivity contribution in [1.82, 2.24) is 9.80 Å². The molecular formula is C29H34N2O5. The largest absolute Gasteiger partial charge is 0.507 e. The molecule has 7 nitrogen and oxygen atoms in total. The Kier molecular flexibility index (Phi) is 6.86. The van der Waals surface area contributed by atoms with Crippen LogP contribution < -0.4 is 4.74 Å². The number of benzene rings is 2. The maximum Gasteiger partial charge on any atom is 0.295 e. The molecular weight excluding hydrogens is 456 g/mol. The standard InChI is InChI=1S/C29H34N2O5/c1-18(2)20-4-6-21(7-5-20)26-25(27(32)22-8-9-24-23(17-22)16-19(3)36-24)28(33)29(34)31(26)11-10-30-12-14-35-15-13-30/h4-9,17-19,26,32H,10-16H2,1-3H3/t19-,26+/m0/s1. The summed E-state index contributed by atoms with van der Waals surface area (Å²) in [5.74, 6) is -0.186. The fourth-order valence-electron chi connectivity index (χ4n) is 5.32. The molecule has 0 aliphatic carbocycles. The number of rotatable bonds is 6. The van der Waals surface area contributed by atoms with Crippen molar-refractivity contribution in [2.45, 2.75) is 45.3 Å². The Morgan fingerprint density at radius 1 is 1.06 bits per heavy atom. The van der Waals surface area contributed by atoms with Gasteiger partial charge in [-0.3, -0.25) is 14.5 Å². The van der Waals surface area contributed by atoms with Crippen molar-refractivity contribution in [3.63, 3.8) is 0 Å². The van der Waals surface area contributed by atoms with Crippen LogP contribution in [0.1, 0.15) is 55.0 Å². The SMILES string of the molecule is CC(C)c1ccc([C@@H]2C(=C(O)c3ccc4c(c3)C[C@H](C)O4)C(=O)C(=O)N2CCN2CCOCC2)cc1. The number of Topliss-reactive ketones (excluding diaryl/α,β-unsaturated/α-hetero) is 1. The number of carbonyl (C=O) groups is 2. The molecule has 190 valence electrons. The highest BCUT2D eigenvalue weighted by Crippen LogP contribution is 2.40. The van der Waals surface area contributed by atoms with Crippen LogP contribution in [0.15, 0.2) is 48.0 Å². The van der Waals surface area contributed by atoms with E-state index in [0.717, 1.165) is 36.4 Å². The van der Waals surface area contributed by atoms with Gasteiger partial charge in [0.25, 0.3) is 11.7 Å². The number of ketones is 1. The molecule has 0 aromatic heterocycles. The molecule has 0 spiro atoms. The topological polar surface area (TPSA) is 79.3 Å². The van der Waals surface area contributed by atoms with Gasteiger partial charge in [-0.25, -0.2) is 0 Å². The van der Waals surface area contributed by atoms with Crippen LogP contribution in [0.3, 0.4) is 0 Å². The number of hydrogen-bond donors (Lipinski definition) is 1. The molecule has 2 fully saturated rings. The molecule has 3 aliphatic heterocycles. The number of ether oxygens (including phenoxy) is 2. The highest BCUT2D eigenvalue weighted by atomic mass is 16.5. The van der Waals surface area contributed by atoms with Crippen molar-refractivity contribution in [2.75, 3.05) is 39.4 Å². The number of amides is 1. The normalized spacial score (nSPS) is 23.8. The minimum Gasteiger partial charge on any atom is -0.507 e. The number of carbonyl (C=O) groups excluding carboxylic acids is 2. The van der Waals surface area contributed by atoms with E-state index in [9.17, 15) is 14.7 Å². The molecule has 3 heterocycles. The Morgan fingerprint density at radius 2 is 1.78 bits per heavy atom. The predicted octanol–water partition coefficient (Wildman–Crippen LogP) is 3.89. The van der Waals surface area contributed by atoms with Crippen LogP contribution in [0.4, 0.5) is 0 Å². The van der Waals surface area contributed by atoms with Gasteiger partial charge in [0.05, 0.1) is 24.8 Å². The van der Waals surface area contributed by atoms with E-state index in [1.807, 2.05) is 43.3 Å². The third-order valence-corrected chi connectivity index (χ3v) is 7.39. The van der Waals surface area contributed by atoms with Crippen molar-refractivity contribution >= 4 is 17.4 Å². The molecule has 2 aromatic carbocycles. The first-order valence-electron chi connectivity index (χ1n) is 12.8. The van der Waals surface area contributed by atoms with Crippen molar-refractivity contribution < 1.29 is 24.2 Å². The van der Waals surface area contributed by atoms with Gasteiger partial charge in [0.2, 0.25) is 0 Å². The smallest absolute Gasteiger partial charge is 0.295 e. The molecule has 2 atom stereocenters. The van der Waals surface area contributed by atoms with Gasteiger partial charge in [-0.05, 0) is 47.7 Å². The van der Waals surface area contributed by atoms with E-state index in [1.165, 1.54) is 5.56 Å². The Bertz CT molecular complexity index is 1180. The van der Waals surface area contributed by atoms with Crippen LogP contribution in [0.5, 0.6) is 5.75 Å². The number of hydrogen-bond acceptors (Lipinski definition) is 6. The molecule has 0 unspecified atom stereocenters. The third-order valence-electron chi connectivity index (χ3n) is 7.39. The number of aliphatic hydroxyl groups is 1.